The Morgan fingerprint density at radius 2 is 1.88 bits per heavy atom. The predicted molar refractivity (Wildman–Crippen MR) is 67.8 cm³/mol. The summed E-state index contributed by atoms with van der Waals surface area (Å²) in [5.74, 6) is 0.353. The van der Waals surface area contributed by atoms with E-state index in [1.165, 1.54) is 12.8 Å². The van der Waals surface area contributed by atoms with Gasteiger partial charge in [-0.3, -0.25) is 14.7 Å². The molecule has 3 nitrogen and oxygen atoms in total. The van der Waals surface area contributed by atoms with Crippen LogP contribution in [0.15, 0.2) is 24.5 Å². The van der Waals surface area contributed by atoms with E-state index in [9.17, 15) is 4.79 Å². The second kappa shape index (κ2) is 4.96. The van der Waals surface area contributed by atoms with Crippen LogP contribution in [0.2, 0.25) is 0 Å². The average molecular weight is 232 g/mol. The maximum atomic E-state index is 12.5. The highest BCUT2D eigenvalue weighted by Crippen LogP contribution is 2.35. The summed E-state index contributed by atoms with van der Waals surface area (Å²) < 4.78 is 0. The van der Waals surface area contributed by atoms with Crippen molar-refractivity contribution in [1.29, 1.82) is 0 Å². The molecule has 0 unspecified atom stereocenters. The Hall–Kier alpha value is -1.22. The first-order valence-electron chi connectivity index (χ1n) is 6.25. The third-order valence-corrected chi connectivity index (χ3v) is 3.92. The Morgan fingerprint density at radius 1 is 1.29 bits per heavy atom. The van der Waals surface area contributed by atoms with Gasteiger partial charge in [0.25, 0.3) is 0 Å². The second-order valence-electron chi connectivity index (χ2n) is 5.09. The minimum Gasteiger partial charge on any atom is -0.297 e. The van der Waals surface area contributed by atoms with Crippen molar-refractivity contribution in [1.82, 2.24) is 9.88 Å². The van der Waals surface area contributed by atoms with E-state index >= 15 is 0 Å². The van der Waals surface area contributed by atoms with Gasteiger partial charge < -0.3 is 0 Å². The predicted octanol–water partition coefficient (Wildman–Crippen LogP) is 2.07. The lowest BCUT2D eigenvalue weighted by Gasteiger charge is -2.34. The van der Waals surface area contributed by atoms with Gasteiger partial charge in [-0.2, -0.15) is 0 Å². The molecule has 1 saturated carbocycles. The zero-order valence-electron chi connectivity index (χ0n) is 10.6. The molecular formula is C14H20N2O. The maximum Gasteiger partial charge on any atom is 0.157 e. The summed E-state index contributed by atoms with van der Waals surface area (Å²) in [5.41, 5.74) is 0.849. The quantitative estimate of drug-likeness (QED) is 0.796. The lowest BCUT2D eigenvalue weighted by atomic mass is 9.87. The first kappa shape index (κ1) is 12.2. The van der Waals surface area contributed by atoms with Crippen molar-refractivity contribution in [2.45, 2.75) is 37.6 Å². The number of pyridine rings is 1. The Kier molecular flexibility index (Phi) is 3.57. The van der Waals surface area contributed by atoms with Gasteiger partial charge in [-0.15, -0.1) is 0 Å². The van der Waals surface area contributed by atoms with Crippen molar-refractivity contribution < 1.29 is 4.79 Å². The van der Waals surface area contributed by atoms with Gasteiger partial charge in [-0.05, 0) is 44.6 Å². The van der Waals surface area contributed by atoms with Gasteiger partial charge in [0.2, 0.25) is 0 Å². The fraction of sp³-hybridized carbons (Fsp3) is 0.571. The summed E-state index contributed by atoms with van der Waals surface area (Å²) in [6, 6.07) is 3.85. The van der Waals surface area contributed by atoms with Gasteiger partial charge in [0.15, 0.2) is 5.78 Å². The molecule has 1 heterocycles. The van der Waals surface area contributed by atoms with Crippen LogP contribution in [0.25, 0.3) is 0 Å². The van der Waals surface area contributed by atoms with Crippen LogP contribution in [-0.2, 0) is 11.2 Å². The molecule has 0 N–H and O–H groups in total. The molecule has 17 heavy (non-hydrogen) atoms. The summed E-state index contributed by atoms with van der Waals surface area (Å²) >= 11 is 0. The smallest absolute Gasteiger partial charge is 0.157 e. The van der Waals surface area contributed by atoms with Crippen molar-refractivity contribution in [2.24, 2.45) is 0 Å². The Morgan fingerprint density at radius 3 is 2.41 bits per heavy atom. The molecule has 0 aliphatic heterocycles. The normalized spacial score (nSPS) is 18.5. The van der Waals surface area contributed by atoms with E-state index in [0.717, 1.165) is 18.4 Å². The van der Waals surface area contributed by atoms with Crippen molar-refractivity contribution in [3.8, 4) is 0 Å². The number of hydrogen-bond acceptors (Lipinski definition) is 3. The third-order valence-electron chi connectivity index (χ3n) is 3.92. The molecule has 3 heteroatoms. The van der Waals surface area contributed by atoms with E-state index in [2.05, 4.69) is 9.88 Å². The summed E-state index contributed by atoms with van der Waals surface area (Å²) in [7, 11) is 4.05. The SMILES string of the molecule is CN(C)C1(C(=O)Cc2ccncc2)CCCC1. The number of hydrogen-bond donors (Lipinski definition) is 0. The summed E-state index contributed by atoms with van der Waals surface area (Å²) in [6.45, 7) is 0. The number of nitrogens with zero attached hydrogens (tertiary/aromatic N) is 2. The fourth-order valence-corrected chi connectivity index (χ4v) is 2.79. The van der Waals surface area contributed by atoms with Crippen LogP contribution < -0.4 is 0 Å². The average Bonchev–Trinajstić information content (AvgIpc) is 2.80. The number of carbonyl (C=O) groups is 1. The van der Waals surface area contributed by atoms with E-state index in [1.807, 2.05) is 26.2 Å². The van der Waals surface area contributed by atoms with Gasteiger partial charge in [0, 0.05) is 18.8 Å². The number of carbonyl (C=O) groups excluding carboxylic acids is 1. The van der Waals surface area contributed by atoms with Crippen LogP contribution in [-0.4, -0.2) is 35.3 Å². The Labute approximate surface area is 103 Å². The van der Waals surface area contributed by atoms with E-state index < -0.39 is 0 Å². The molecule has 0 atom stereocenters. The lowest BCUT2D eigenvalue weighted by Crippen LogP contribution is -2.49. The van der Waals surface area contributed by atoms with E-state index in [1.54, 1.807) is 12.4 Å². The highest BCUT2D eigenvalue weighted by molar-refractivity contribution is 5.90. The van der Waals surface area contributed by atoms with E-state index in [0.29, 0.717) is 12.2 Å². The largest absolute Gasteiger partial charge is 0.297 e. The minimum absolute atomic E-state index is 0.219. The van der Waals surface area contributed by atoms with Crippen molar-refractivity contribution in [3.05, 3.63) is 30.1 Å². The molecule has 0 bridgehead atoms. The highest BCUT2D eigenvalue weighted by atomic mass is 16.1. The van der Waals surface area contributed by atoms with Gasteiger partial charge in [-0.25, -0.2) is 0 Å². The van der Waals surface area contributed by atoms with Gasteiger partial charge in [0.1, 0.15) is 0 Å². The van der Waals surface area contributed by atoms with Crippen LogP contribution in [0.4, 0.5) is 0 Å². The van der Waals surface area contributed by atoms with Gasteiger partial charge >= 0.3 is 0 Å². The zero-order valence-corrected chi connectivity index (χ0v) is 10.6. The lowest BCUT2D eigenvalue weighted by molar-refractivity contribution is -0.128. The second-order valence-corrected chi connectivity index (χ2v) is 5.09. The Balaban J connectivity index is 2.13. The molecule has 0 spiro atoms. The van der Waals surface area contributed by atoms with Gasteiger partial charge in [-0.1, -0.05) is 12.8 Å². The number of rotatable bonds is 4. The van der Waals surface area contributed by atoms with Crippen molar-refractivity contribution >= 4 is 5.78 Å². The van der Waals surface area contributed by atoms with Crippen molar-refractivity contribution in [2.75, 3.05) is 14.1 Å². The van der Waals surface area contributed by atoms with Crippen LogP contribution in [0.1, 0.15) is 31.2 Å². The van der Waals surface area contributed by atoms with E-state index in [4.69, 9.17) is 0 Å². The van der Waals surface area contributed by atoms with E-state index in [-0.39, 0.29) is 5.54 Å². The van der Waals surface area contributed by atoms with Crippen LogP contribution >= 0.6 is 0 Å². The molecule has 1 aliphatic carbocycles. The molecule has 0 amide bonds. The maximum absolute atomic E-state index is 12.5. The topological polar surface area (TPSA) is 33.2 Å². The molecule has 1 fully saturated rings. The molecule has 92 valence electrons. The summed E-state index contributed by atoms with van der Waals surface area (Å²) in [4.78, 5) is 18.6. The number of Topliss-reactive ketones (excluding diaryl/α,β-unsaturated/α-hetero) is 1. The zero-order chi connectivity index (χ0) is 12.3. The fourth-order valence-electron chi connectivity index (χ4n) is 2.79. The monoisotopic (exact) mass is 232 g/mol. The number of ketones is 1. The molecular weight excluding hydrogens is 212 g/mol. The molecule has 0 saturated heterocycles. The Bertz CT molecular complexity index is 380. The molecule has 1 aliphatic rings. The van der Waals surface area contributed by atoms with Crippen LogP contribution in [0, 0.1) is 0 Å². The molecule has 0 aromatic carbocycles. The summed E-state index contributed by atoms with van der Waals surface area (Å²) in [5, 5.41) is 0. The first-order chi connectivity index (χ1) is 8.15. The molecule has 1 aromatic rings. The van der Waals surface area contributed by atoms with Crippen molar-refractivity contribution in [3.63, 3.8) is 0 Å². The standard InChI is InChI=1S/C14H20N2O/c1-16(2)14(7-3-4-8-14)13(17)11-12-5-9-15-10-6-12/h5-6,9-10H,3-4,7-8,11H2,1-2H3. The minimum atomic E-state index is -0.219. The van der Waals surface area contributed by atoms with Crippen LogP contribution in [0.5, 0.6) is 0 Å². The number of aromatic nitrogens is 1. The summed E-state index contributed by atoms with van der Waals surface area (Å²) in [6.07, 6.45) is 8.37. The first-order valence-corrected chi connectivity index (χ1v) is 6.25. The molecule has 2 rings (SSSR count). The van der Waals surface area contributed by atoms with Crippen LogP contribution in [0.3, 0.4) is 0 Å². The highest BCUT2D eigenvalue weighted by Gasteiger charge is 2.42. The number of likely N-dealkylation sites (N-methyl/N-ethyl adjacent to an activating group) is 1. The van der Waals surface area contributed by atoms with Gasteiger partial charge in [0.05, 0.1) is 5.54 Å². The molecule has 0 radical (unpaired) electrons. The third kappa shape index (κ3) is 2.39. The molecule has 1 aromatic heterocycles.